The fourth-order valence-corrected chi connectivity index (χ4v) is 4.21. The predicted octanol–water partition coefficient (Wildman–Crippen LogP) is 1.57. The number of ether oxygens (including phenoxy) is 2. The molecule has 1 aromatic rings. The van der Waals surface area contributed by atoms with Crippen molar-refractivity contribution in [3.05, 3.63) is 11.8 Å². The summed E-state index contributed by atoms with van der Waals surface area (Å²) in [5, 5.41) is 6.60. The maximum absolute atomic E-state index is 12.9. The van der Waals surface area contributed by atoms with Gasteiger partial charge in [-0.2, -0.15) is 5.10 Å². The summed E-state index contributed by atoms with van der Waals surface area (Å²) in [5.74, 6) is 1.05. The van der Waals surface area contributed by atoms with Crippen LogP contribution in [-0.4, -0.2) is 59.0 Å². The molecule has 7 nitrogen and oxygen atoms in total. The van der Waals surface area contributed by atoms with Gasteiger partial charge in [0.2, 0.25) is 0 Å². The molecule has 0 spiro atoms. The van der Waals surface area contributed by atoms with Gasteiger partial charge in [-0.3, -0.25) is 9.89 Å². The van der Waals surface area contributed by atoms with Crippen LogP contribution < -0.4 is 5.73 Å². The quantitative estimate of drug-likeness (QED) is 0.852. The average Bonchev–Trinajstić information content (AvgIpc) is 3.20. The van der Waals surface area contributed by atoms with Crippen LogP contribution in [0.15, 0.2) is 6.07 Å². The Labute approximate surface area is 141 Å². The van der Waals surface area contributed by atoms with Crippen molar-refractivity contribution in [2.45, 2.75) is 56.3 Å². The van der Waals surface area contributed by atoms with E-state index < -0.39 is 0 Å². The van der Waals surface area contributed by atoms with Crippen molar-refractivity contribution in [3.8, 4) is 0 Å². The molecular weight excluding hydrogens is 308 g/mol. The van der Waals surface area contributed by atoms with E-state index in [0.717, 1.165) is 38.2 Å². The van der Waals surface area contributed by atoms with E-state index in [4.69, 9.17) is 15.2 Å². The predicted molar refractivity (Wildman–Crippen MR) is 88.5 cm³/mol. The summed E-state index contributed by atoms with van der Waals surface area (Å²) >= 11 is 0. The van der Waals surface area contributed by atoms with Gasteiger partial charge in [-0.05, 0) is 44.4 Å². The molecule has 3 atom stereocenters. The van der Waals surface area contributed by atoms with Crippen LogP contribution in [0.4, 0.5) is 5.82 Å². The second-order valence-corrected chi connectivity index (χ2v) is 7.41. The van der Waals surface area contributed by atoms with Gasteiger partial charge in [0.1, 0.15) is 11.5 Å². The number of H-pyrrole nitrogens is 1. The molecule has 1 amide bonds. The third kappa shape index (κ3) is 2.80. The lowest BCUT2D eigenvalue weighted by atomic mass is 9.79. The summed E-state index contributed by atoms with van der Waals surface area (Å²) in [6.45, 7) is 1.56. The van der Waals surface area contributed by atoms with Crippen LogP contribution in [0, 0.1) is 5.92 Å². The Bertz CT molecular complexity index is 615. The van der Waals surface area contributed by atoms with Crippen molar-refractivity contribution in [2.24, 2.45) is 5.92 Å². The number of nitrogens with one attached hydrogen (secondary N) is 1. The Balaban J connectivity index is 1.49. The molecule has 0 unspecified atom stereocenters. The number of carbonyl (C=O) groups excluding carboxylic acids is 1. The van der Waals surface area contributed by atoms with Crippen LogP contribution in [0.1, 0.15) is 49.0 Å². The van der Waals surface area contributed by atoms with E-state index in [0.29, 0.717) is 18.1 Å². The van der Waals surface area contributed by atoms with Crippen molar-refractivity contribution in [1.29, 1.82) is 0 Å². The van der Waals surface area contributed by atoms with Crippen molar-refractivity contribution >= 4 is 11.7 Å². The molecule has 3 N–H and O–H groups in total. The van der Waals surface area contributed by atoms with Gasteiger partial charge in [-0.1, -0.05) is 0 Å². The molecule has 1 aliphatic heterocycles. The highest BCUT2D eigenvalue weighted by molar-refractivity contribution is 5.93. The van der Waals surface area contributed by atoms with Gasteiger partial charge < -0.3 is 20.1 Å². The summed E-state index contributed by atoms with van der Waals surface area (Å²) in [7, 11) is 1.76. The second kappa shape index (κ2) is 6.04. The smallest absolute Gasteiger partial charge is 0.272 e. The van der Waals surface area contributed by atoms with Crippen molar-refractivity contribution in [3.63, 3.8) is 0 Å². The van der Waals surface area contributed by atoms with Crippen LogP contribution in [0.25, 0.3) is 0 Å². The first-order chi connectivity index (χ1) is 11.6. The Hall–Kier alpha value is -1.60. The molecule has 7 heteroatoms. The molecule has 0 aromatic carbocycles. The standard InChI is InChI=1S/C17H26N4O3/c1-23-17-5-4-12(24-10-11-2-3-11)8-14(17)21(7-6-17)16(22)13-9-15(18)20-19-13/h9,11-12,14H,2-8,10H2,1H3,(H3,18,19,20)/t12-,14-,17+/m0/s1. The van der Waals surface area contributed by atoms with Crippen LogP contribution >= 0.6 is 0 Å². The first kappa shape index (κ1) is 15.9. The Morgan fingerprint density at radius 2 is 2.29 bits per heavy atom. The number of aromatic amines is 1. The first-order valence-corrected chi connectivity index (χ1v) is 8.90. The van der Waals surface area contributed by atoms with Gasteiger partial charge >= 0.3 is 0 Å². The number of methoxy groups -OCH3 is 1. The zero-order valence-electron chi connectivity index (χ0n) is 14.2. The lowest BCUT2D eigenvalue weighted by molar-refractivity contribution is -0.0977. The maximum Gasteiger partial charge on any atom is 0.272 e. The van der Waals surface area contributed by atoms with Gasteiger partial charge in [0.25, 0.3) is 5.91 Å². The SMILES string of the molecule is CO[C@@]12CC[C@H](OCC3CC3)C[C@@H]1N(C(=O)c1cc(N)n[nH]1)CC2. The minimum atomic E-state index is -0.235. The van der Waals surface area contributed by atoms with Crippen LogP contribution in [0.5, 0.6) is 0 Å². The number of nitrogens with zero attached hydrogens (tertiary/aromatic N) is 2. The van der Waals surface area contributed by atoms with E-state index in [-0.39, 0.29) is 23.7 Å². The number of nitrogens with two attached hydrogens (primary N) is 1. The molecule has 4 rings (SSSR count). The zero-order chi connectivity index (χ0) is 16.7. The van der Waals surface area contributed by atoms with Gasteiger partial charge in [0, 0.05) is 26.3 Å². The third-order valence-electron chi connectivity index (χ3n) is 5.90. The average molecular weight is 334 g/mol. The highest BCUT2D eigenvalue weighted by atomic mass is 16.5. The van der Waals surface area contributed by atoms with Crippen molar-refractivity contribution in [2.75, 3.05) is 26.0 Å². The lowest BCUT2D eigenvalue weighted by Gasteiger charge is -2.43. The van der Waals surface area contributed by atoms with Gasteiger partial charge in [-0.25, -0.2) is 0 Å². The molecule has 3 aliphatic rings. The van der Waals surface area contributed by atoms with Crippen LogP contribution in [-0.2, 0) is 9.47 Å². The Kier molecular flexibility index (Phi) is 4.00. The molecule has 2 heterocycles. The number of nitrogen functional groups attached to an aromatic ring is 1. The fourth-order valence-electron chi connectivity index (χ4n) is 4.21. The molecule has 2 saturated carbocycles. The van der Waals surface area contributed by atoms with Crippen molar-refractivity contribution < 1.29 is 14.3 Å². The topological polar surface area (TPSA) is 93.5 Å². The number of fused-ring (bicyclic) bond motifs is 1. The highest BCUT2D eigenvalue weighted by Crippen LogP contribution is 2.44. The molecule has 132 valence electrons. The fraction of sp³-hybridized carbons (Fsp3) is 0.765. The maximum atomic E-state index is 12.9. The van der Waals surface area contributed by atoms with E-state index in [1.165, 1.54) is 12.8 Å². The zero-order valence-corrected chi connectivity index (χ0v) is 14.2. The third-order valence-corrected chi connectivity index (χ3v) is 5.90. The number of anilines is 1. The minimum absolute atomic E-state index is 0.0500. The number of likely N-dealkylation sites (tertiary alicyclic amines) is 1. The molecular formula is C17H26N4O3. The molecule has 0 bridgehead atoms. The molecule has 2 aliphatic carbocycles. The normalized spacial score (nSPS) is 32.8. The molecule has 1 saturated heterocycles. The molecule has 24 heavy (non-hydrogen) atoms. The number of aromatic nitrogens is 2. The number of hydrogen-bond donors (Lipinski definition) is 2. The van der Waals surface area contributed by atoms with Gasteiger partial charge in [-0.15, -0.1) is 0 Å². The summed E-state index contributed by atoms with van der Waals surface area (Å²) in [4.78, 5) is 14.8. The lowest BCUT2D eigenvalue weighted by Crippen LogP contribution is -2.53. The molecule has 1 aromatic heterocycles. The minimum Gasteiger partial charge on any atom is -0.382 e. The summed E-state index contributed by atoms with van der Waals surface area (Å²) in [6, 6.07) is 1.65. The molecule has 3 fully saturated rings. The largest absolute Gasteiger partial charge is 0.382 e. The number of carbonyl (C=O) groups is 1. The summed E-state index contributed by atoms with van der Waals surface area (Å²) < 4.78 is 12.0. The van der Waals surface area contributed by atoms with Crippen molar-refractivity contribution in [1.82, 2.24) is 15.1 Å². The molecule has 0 radical (unpaired) electrons. The first-order valence-electron chi connectivity index (χ1n) is 8.90. The Morgan fingerprint density at radius 3 is 2.96 bits per heavy atom. The van der Waals surface area contributed by atoms with Gasteiger partial charge in [0.15, 0.2) is 0 Å². The summed E-state index contributed by atoms with van der Waals surface area (Å²) in [6.07, 6.45) is 6.48. The highest BCUT2D eigenvalue weighted by Gasteiger charge is 2.53. The second-order valence-electron chi connectivity index (χ2n) is 7.41. The monoisotopic (exact) mass is 334 g/mol. The number of hydrogen-bond acceptors (Lipinski definition) is 5. The number of rotatable bonds is 5. The van der Waals surface area contributed by atoms with Crippen LogP contribution in [0.2, 0.25) is 0 Å². The summed E-state index contributed by atoms with van der Waals surface area (Å²) in [5.41, 5.74) is 5.85. The van der Waals surface area contributed by atoms with E-state index in [1.54, 1.807) is 13.2 Å². The van der Waals surface area contributed by atoms with Gasteiger partial charge in [0.05, 0.1) is 17.7 Å². The van der Waals surface area contributed by atoms with E-state index >= 15 is 0 Å². The van der Waals surface area contributed by atoms with E-state index in [2.05, 4.69) is 10.2 Å². The Morgan fingerprint density at radius 1 is 1.46 bits per heavy atom. The van der Waals surface area contributed by atoms with Crippen LogP contribution in [0.3, 0.4) is 0 Å². The van der Waals surface area contributed by atoms with E-state index in [9.17, 15) is 4.79 Å². The van der Waals surface area contributed by atoms with E-state index in [1.807, 2.05) is 4.90 Å². The number of amides is 1.